The van der Waals surface area contributed by atoms with Crippen molar-refractivity contribution in [2.45, 2.75) is 18.2 Å². The molecule has 0 aliphatic carbocycles. The number of hydrogen-bond donors (Lipinski definition) is 0. The van der Waals surface area contributed by atoms with Gasteiger partial charge in [-0.15, -0.1) is 15.9 Å². The van der Waals surface area contributed by atoms with E-state index in [9.17, 15) is 9.59 Å². The zero-order chi connectivity index (χ0) is 7.98. The Bertz CT molecular complexity index is 129. The number of ether oxygens (including phenoxy) is 1. The first-order chi connectivity index (χ1) is 4.70. The van der Waals surface area contributed by atoms with Crippen LogP contribution in [0.2, 0.25) is 0 Å². The molecule has 0 bridgehead atoms. The van der Waals surface area contributed by atoms with Crippen LogP contribution in [0, 0.1) is 0 Å². The third-order valence-electron chi connectivity index (χ3n) is 0.779. The molecule has 5 heteroatoms. The maximum absolute atomic E-state index is 10.6. The fraction of sp³-hybridized carbons (Fsp3) is 0.667. The van der Waals surface area contributed by atoms with Crippen molar-refractivity contribution in [2.75, 3.05) is 6.61 Å². The van der Waals surface area contributed by atoms with Gasteiger partial charge in [0, 0.05) is 6.42 Å². The molecule has 62 valence electrons. The van der Waals surface area contributed by atoms with Crippen LogP contribution in [-0.4, -0.2) is 23.7 Å². The molecule has 0 N–H and O–H groups in total. The van der Waals surface area contributed by atoms with Gasteiger partial charge in [-0.1, -0.05) is 4.83 Å². The Labute approximate surface area is 88.3 Å². The van der Waals surface area contributed by atoms with Gasteiger partial charge >= 0.3 is 27.0 Å². The largest absolute Gasteiger partial charge is 2.00 e. The first-order valence-corrected chi connectivity index (χ1v) is 3.79. The molecule has 0 aromatic rings. The van der Waals surface area contributed by atoms with Crippen molar-refractivity contribution in [1.29, 1.82) is 0 Å². The second-order valence-electron chi connectivity index (χ2n) is 1.59. The minimum Gasteiger partial charge on any atom is -0.541 e. The molecular formula is C6H8BrO3W+. The van der Waals surface area contributed by atoms with Gasteiger partial charge in [0.1, 0.15) is 0 Å². The van der Waals surface area contributed by atoms with E-state index in [0.717, 1.165) is 0 Å². The summed E-state index contributed by atoms with van der Waals surface area (Å²) in [6.07, 6.45) is 1.67. The van der Waals surface area contributed by atoms with Crippen molar-refractivity contribution in [3.05, 3.63) is 0 Å². The second-order valence-corrected chi connectivity index (χ2v) is 2.70. The molecule has 0 radical (unpaired) electrons. The predicted octanol–water partition coefficient (Wildman–Crippen LogP) is 0.810. The van der Waals surface area contributed by atoms with Gasteiger partial charge in [0.15, 0.2) is 0 Å². The quantitative estimate of drug-likeness (QED) is 0.405. The summed E-state index contributed by atoms with van der Waals surface area (Å²) in [5, 5.41) is 0. The third kappa shape index (κ3) is 8.21. The van der Waals surface area contributed by atoms with Crippen molar-refractivity contribution >= 4 is 28.2 Å². The number of alkyl halides is 1. The van der Waals surface area contributed by atoms with E-state index in [4.69, 9.17) is 0 Å². The Morgan fingerprint density at radius 3 is 2.64 bits per heavy atom. The van der Waals surface area contributed by atoms with Crippen LogP contribution in [0.1, 0.15) is 13.3 Å². The topological polar surface area (TPSA) is 43.4 Å². The first-order valence-electron chi connectivity index (χ1n) is 2.88. The summed E-state index contributed by atoms with van der Waals surface area (Å²) < 4.78 is 4.57. The van der Waals surface area contributed by atoms with Crippen LogP contribution in [0.25, 0.3) is 0 Å². The average Bonchev–Trinajstić information content (AvgIpc) is 1.88. The molecule has 0 rings (SSSR count). The van der Waals surface area contributed by atoms with E-state index in [1.807, 2.05) is 0 Å². The van der Waals surface area contributed by atoms with Crippen LogP contribution in [0.15, 0.2) is 0 Å². The molecular weight excluding hydrogens is 384 g/mol. The number of rotatable bonds is 4. The molecule has 3 nitrogen and oxygen atoms in total. The average molecular weight is 392 g/mol. The van der Waals surface area contributed by atoms with Crippen LogP contribution >= 0.6 is 15.9 Å². The Morgan fingerprint density at radius 2 is 2.27 bits per heavy atom. The summed E-state index contributed by atoms with van der Waals surface area (Å²) in [7, 11) is 0. The molecule has 0 aromatic carbocycles. The number of carbonyl (C=O) groups is 1. The SMILES string of the molecule is CCOC(=O)CC(Br)[C-]=O.[W+2]. The smallest absolute Gasteiger partial charge is 0.541 e. The molecule has 0 heterocycles. The summed E-state index contributed by atoms with van der Waals surface area (Å²) >= 11 is 2.92. The molecule has 1 atom stereocenters. The zero-order valence-electron chi connectivity index (χ0n) is 6.00. The Morgan fingerprint density at radius 1 is 1.73 bits per heavy atom. The Balaban J connectivity index is 0. The molecule has 0 spiro atoms. The van der Waals surface area contributed by atoms with E-state index in [-0.39, 0.29) is 33.5 Å². The van der Waals surface area contributed by atoms with Crippen molar-refractivity contribution in [2.24, 2.45) is 0 Å². The van der Waals surface area contributed by atoms with Gasteiger partial charge in [-0.25, -0.2) is 6.29 Å². The summed E-state index contributed by atoms with van der Waals surface area (Å²) in [4.78, 5) is 19.9. The fourth-order valence-corrected chi connectivity index (χ4v) is 0.672. The fourth-order valence-electron chi connectivity index (χ4n) is 0.408. The Kier molecular flexibility index (Phi) is 10.6. The van der Waals surface area contributed by atoms with Gasteiger partial charge in [-0.3, -0.25) is 4.79 Å². The molecule has 0 aliphatic heterocycles. The van der Waals surface area contributed by atoms with Gasteiger partial charge in [0.2, 0.25) is 0 Å². The zero-order valence-corrected chi connectivity index (χ0v) is 10.5. The van der Waals surface area contributed by atoms with Gasteiger partial charge < -0.3 is 9.53 Å². The normalized spacial score (nSPS) is 11.1. The molecule has 0 saturated heterocycles. The van der Waals surface area contributed by atoms with Crippen LogP contribution in [0.5, 0.6) is 0 Å². The van der Waals surface area contributed by atoms with Crippen molar-refractivity contribution in [3.63, 3.8) is 0 Å². The predicted molar refractivity (Wildman–Crippen MR) is 39.7 cm³/mol. The third-order valence-corrected chi connectivity index (χ3v) is 1.29. The Hall–Kier alpha value is 0.308. The first kappa shape index (κ1) is 13.9. The summed E-state index contributed by atoms with van der Waals surface area (Å²) in [5.41, 5.74) is 0. The number of halogens is 1. The summed E-state index contributed by atoms with van der Waals surface area (Å²) in [5.74, 6) is -0.382. The monoisotopic (exact) mass is 391 g/mol. The van der Waals surface area contributed by atoms with Crippen LogP contribution in [-0.2, 0) is 35.4 Å². The van der Waals surface area contributed by atoms with E-state index < -0.39 is 4.83 Å². The number of esters is 1. The van der Waals surface area contributed by atoms with E-state index in [1.165, 1.54) is 0 Å². The van der Waals surface area contributed by atoms with Gasteiger partial charge in [-0.2, -0.15) is 0 Å². The van der Waals surface area contributed by atoms with E-state index in [0.29, 0.717) is 6.61 Å². The summed E-state index contributed by atoms with van der Waals surface area (Å²) in [6.45, 7) is 2.06. The molecule has 0 aromatic heterocycles. The van der Waals surface area contributed by atoms with Crippen LogP contribution in [0.4, 0.5) is 0 Å². The van der Waals surface area contributed by atoms with Crippen molar-refractivity contribution < 1.29 is 35.4 Å². The van der Waals surface area contributed by atoms with Crippen LogP contribution < -0.4 is 0 Å². The standard InChI is InChI=1S/C6H8BrO3.W/c1-2-10-6(9)3-5(7)4-8;/h5H,2-3H2,1H3;/q-1;+2. The second kappa shape index (κ2) is 8.41. The van der Waals surface area contributed by atoms with Crippen LogP contribution in [0.3, 0.4) is 0 Å². The number of carbonyl (C=O) groups excluding carboxylic acids is 2. The summed E-state index contributed by atoms with van der Waals surface area (Å²) in [6, 6.07) is 0. The molecule has 0 saturated carbocycles. The molecule has 0 fully saturated rings. The van der Waals surface area contributed by atoms with Gasteiger partial charge in [0.25, 0.3) is 0 Å². The van der Waals surface area contributed by atoms with E-state index in [1.54, 1.807) is 13.2 Å². The molecule has 0 aliphatic rings. The minimum absolute atomic E-state index is 0. The molecule has 0 amide bonds. The molecule has 1 unspecified atom stereocenters. The van der Waals surface area contributed by atoms with Crippen molar-refractivity contribution in [3.8, 4) is 0 Å². The van der Waals surface area contributed by atoms with Crippen molar-refractivity contribution in [1.82, 2.24) is 0 Å². The maximum Gasteiger partial charge on any atom is 2.00 e. The number of hydrogen-bond acceptors (Lipinski definition) is 3. The van der Waals surface area contributed by atoms with E-state index >= 15 is 0 Å². The van der Waals surface area contributed by atoms with E-state index in [2.05, 4.69) is 20.7 Å². The minimum atomic E-state index is -0.536. The maximum atomic E-state index is 10.6. The van der Waals surface area contributed by atoms with Gasteiger partial charge in [-0.05, 0) is 6.92 Å². The van der Waals surface area contributed by atoms with Gasteiger partial charge in [0.05, 0.1) is 6.61 Å². The molecule has 11 heavy (non-hydrogen) atoms.